The van der Waals surface area contributed by atoms with Gasteiger partial charge in [0, 0.05) is 0 Å². The number of rotatable bonds is 2. The highest BCUT2D eigenvalue weighted by Gasteiger charge is 2.11. The molecule has 0 radical (unpaired) electrons. The molecule has 0 bridgehead atoms. The molecular formula is C5H9BrSi. The highest BCUT2D eigenvalue weighted by Crippen LogP contribution is 2.11. The van der Waals surface area contributed by atoms with Gasteiger partial charge >= 0.3 is 0 Å². The topological polar surface area (TPSA) is 0 Å². The predicted octanol–water partition coefficient (Wildman–Crippen LogP) is 2.41. The van der Waals surface area contributed by atoms with E-state index in [1.165, 1.54) is 0 Å². The van der Waals surface area contributed by atoms with Crippen LogP contribution >= 0.6 is 15.3 Å². The first-order valence-electron chi connectivity index (χ1n) is 2.08. The Labute approximate surface area is 53.5 Å². The summed E-state index contributed by atoms with van der Waals surface area (Å²) in [5.41, 5.74) is 3.86. The molecule has 0 rings (SSSR count). The number of hydrogen-bond donors (Lipinski definition) is 0. The number of hydrogen-bond acceptors (Lipinski definition) is 0. The lowest BCUT2D eigenvalue weighted by Gasteiger charge is -2.03. The molecule has 0 aliphatic carbocycles. The van der Waals surface area contributed by atoms with Crippen LogP contribution in [0.2, 0.25) is 6.55 Å². The van der Waals surface area contributed by atoms with Crippen molar-refractivity contribution < 1.29 is 0 Å². The first-order valence-corrected chi connectivity index (χ1v) is 6.99. The Balaban J connectivity index is 3.82. The third-order valence-corrected chi connectivity index (χ3v) is 4.34. The summed E-state index contributed by atoms with van der Waals surface area (Å²) in [7, 11) is 0. The van der Waals surface area contributed by atoms with E-state index in [2.05, 4.69) is 35.0 Å². The summed E-state index contributed by atoms with van der Waals surface area (Å²) < 4.78 is 0. The van der Waals surface area contributed by atoms with Gasteiger partial charge in [0.1, 0.15) is 0 Å². The monoisotopic (exact) mass is 176 g/mol. The van der Waals surface area contributed by atoms with E-state index >= 15 is 0 Å². The maximum absolute atomic E-state index is 3.65. The molecule has 0 aliphatic rings. The second kappa shape index (κ2) is 2.48. The molecular weight excluding hydrogens is 168 g/mol. The Morgan fingerprint density at radius 3 is 1.71 bits per heavy atom. The molecule has 0 heterocycles. The molecule has 2 heteroatoms. The van der Waals surface area contributed by atoms with E-state index < -0.39 is 6.69 Å². The van der Waals surface area contributed by atoms with Crippen molar-refractivity contribution in [2.24, 2.45) is 0 Å². The summed E-state index contributed by atoms with van der Waals surface area (Å²) in [5, 5.41) is 0. The minimum absolute atomic E-state index is 1.31. The van der Waals surface area contributed by atoms with Crippen LogP contribution in [0.3, 0.4) is 0 Å². The molecule has 0 amide bonds. The first kappa shape index (κ1) is 7.18. The van der Waals surface area contributed by atoms with Crippen LogP contribution in [0.25, 0.3) is 0 Å². The average Bonchev–Trinajstić information content (AvgIpc) is 1.68. The van der Waals surface area contributed by atoms with Crippen LogP contribution in [0.4, 0.5) is 0 Å². The van der Waals surface area contributed by atoms with Gasteiger partial charge in [-0.15, -0.1) is 28.5 Å². The number of halogens is 1. The van der Waals surface area contributed by atoms with E-state index in [1.807, 2.05) is 11.4 Å². The lowest BCUT2D eigenvalue weighted by Crippen LogP contribution is -2.12. The molecule has 7 heavy (non-hydrogen) atoms. The summed E-state index contributed by atoms with van der Waals surface area (Å²) >= 11 is 3.48. The van der Waals surface area contributed by atoms with Crippen molar-refractivity contribution >= 4 is 22.0 Å². The maximum atomic E-state index is 3.65. The molecule has 0 aromatic carbocycles. The smallest absolute Gasteiger partial charge is 0.116 e. The molecule has 0 atom stereocenters. The van der Waals surface area contributed by atoms with Crippen LogP contribution in [0, 0.1) is 0 Å². The summed E-state index contributed by atoms with van der Waals surface area (Å²) in [6.07, 6.45) is 0. The molecule has 0 spiro atoms. The fourth-order valence-corrected chi connectivity index (χ4v) is 0.250. The van der Waals surface area contributed by atoms with Gasteiger partial charge in [0.05, 0.1) is 0 Å². The van der Waals surface area contributed by atoms with Crippen LogP contribution in [0.1, 0.15) is 0 Å². The lowest BCUT2D eigenvalue weighted by atomic mass is 11.2. The van der Waals surface area contributed by atoms with Crippen molar-refractivity contribution in [1.29, 1.82) is 0 Å². The van der Waals surface area contributed by atoms with Gasteiger partial charge in [-0.1, -0.05) is 17.9 Å². The second-order valence-electron chi connectivity index (χ2n) is 1.56. The van der Waals surface area contributed by atoms with Crippen molar-refractivity contribution in [3.8, 4) is 0 Å². The van der Waals surface area contributed by atoms with Crippen molar-refractivity contribution in [2.45, 2.75) is 6.55 Å². The van der Waals surface area contributed by atoms with Crippen molar-refractivity contribution in [3.05, 3.63) is 24.6 Å². The average molecular weight is 177 g/mol. The van der Waals surface area contributed by atoms with Gasteiger partial charge in [0.25, 0.3) is 0 Å². The van der Waals surface area contributed by atoms with Crippen molar-refractivity contribution in [3.63, 3.8) is 0 Å². The van der Waals surface area contributed by atoms with Crippen molar-refractivity contribution in [1.82, 2.24) is 0 Å². The zero-order valence-corrected chi connectivity index (χ0v) is 7.03. The van der Waals surface area contributed by atoms with Crippen LogP contribution in [-0.2, 0) is 0 Å². The second-order valence-corrected chi connectivity index (χ2v) is 9.80. The molecule has 0 aromatic rings. The Kier molecular flexibility index (Phi) is 2.54. The summed E-state index contributed by atoms with van der Waals surface area (Å²) in [6.45, 7) is 8.10. The molecule has 0 unspecified atom stereocenters. The van der Waals surface area contributed by atoms with Crippen molar-refractivity contribution in [2.75, 3.05) is 0 Å². The minimum Gasteiger partial charge on any atom is -0.116 e. The van der Waals surface area contributed by atoms with E-state index in [-0.39, 0.29) is 0 Å². The highest BCUT2D eigenvalue weighted by molar-refractivity contribution is 9.26. The fraction of sp³-hybridized carbons (Fsp3) is 0.200. The highest BCUT2D eigenvalue weighted by atomic mass is 79.9. The SMILES string of the molecule is C=C[Si](C)(Br)C=C. The lowest BCUT2D eigenvalue weighted by molar-refractivity contribution is 2.09. The molecule has 0 fully saturated rings. The van der Waals surface area contributed by atoms with Gasteiger partial charge < -0.3 is 0 Å². The molecule has 0 saturated carbocycles. The van der Waals surface area contributed by atoms with Crippen LogP contribution < -0.4 is 0 Å². The van der Waals surface area contributed by atoms with Gasteiger partial charge in [0.2, 0.25) is 0 Å². The van der Waals surface area contributed by atoms with Gasteiger partial charge in [-0.05, 0) is 0 Å². The Bertz CT molecular complexity index is 76.1. The molecule has 0 aliphatic heterocycles. The standard InChI is InChI=1S/C5H9BrSi/c1-4-7(3,6)5-2/h4-5H,1-2H2,3H3. The molecule has 0 nitrogen and oxygen atoms in total. The Morgan fingerprint density at radius 1 is 1.43 bits per heavy atom. The summed E-state index contributed by atoms with van der Waals surface area (Å²) in [6, 6.07) is 0. The van der Waals surface area contributed by atoms with E-state index in [1.54, 1.807) is 0 Å². The van der Waals surface area contributed by atoms with Gasteiger partial charge in [-0.3, -0.25) is 0 Å². The summed E-state index contributed by atoms with van der Waals surface area (Å²) in [5.74, 6) is 0. The third-order valence-electron chi connectivity index (χ3n) is 0.798. The molecule has 0 saturated heterocycles. The maximum Gasteiger partial charge on any atom is 0.172 e. The van der Waals surface area contributed by atoms with Gasteiger partial charge in [-0.25, -0.2) is 0 Å². The van der Waals surface area contributed by atoms with Crippen LogP contribution in [0.15, 0.2) is 24.6 Å². The van der Waals surface area contributed by atoms with Gasteiger partial charge in [0.15, 0.2) is 6.69 Å². The molecule has 0 aromatic heterocycles. The van der Waals surface area contributed by atoms with E-state index in [0.29, 0.717) is 0 Å². The third kappa shape index (κ3) is 2.82. The first-order chi connectivity index (χ1) is 3.12. The molecule has 40 valence electrons. The Hall–Kier alpha value is 0.177. The largest absolute Gasteiger partial charge is 0.172 e. The van der Waals surface area contributed by atoms with E-state index in [0.717, 1.165) is 0 Å². The van der Waals surface area contributed by atoms with E-state index in [9.17, 15) is 0 Å². The quantitative estimate of drug-likeness (QED) is 0.448. The van der Waals surface area contributed by atoms with Crippen LogP contribution in [0.5, 0.6) is 0 Å². The zero-order chi connectivity index (χ0) is 5.91. The van der Waals surface area contributed by atoms with Gasteiger partial charge in [-0.2, -0.15) is 0 Å². The summed E-state index contributed by atoms with van der Waals surface area (Å²) in [4.78, 5) is 0. The predicted molar refractivity (Wildman–Crippen MR) is 40.9 cm³/mol. The fourth-order valence-electron chi connectivity index (χ4n) is 0.0833. The minimum atomic E-state index is -1.31. The molecule has 0 N–H and O–H groups in total. The van der Waals surface area contributed by atoms with Crippen LogP contribution in [-0.4, -0.2) is 6.69 Å². The zero-order valence-electron chi connectivity index (χ0n) is 4.45. The van der Waals surface area contributed by atoms with E-state index in [4.69, 9.17) is 0 Å². The normalized spacial score (nSPS) is 10.6. The Morgan fingerprint density at radius 2 is 1.71 bits per heavy atom.